The molecule has 0 aromatic rings. The summed E-state index contributed by atoms with van der Waals surface area (Å²) < 4.78 is 0. The summed E-state index contributed by atoms with van der Waals surface area (Å²) in [7, 11) is 0. The van der Waals surface area contributed by atoms with E-state index in [2.05, 4.69) is 17.1 Å². The van der Waals surface area contributed by atoms with Gasteiger partial charge >= 0.3 is 0 Å². The van der Waals surface area contributed by atoms with Crippen LogP contribution >= 0.6 is 0 Å². The number of piperazine rings is 1. The Hall–Kier alpha value is -0.410. The van der Waals surface area contributed by atoms with Gasteiger partial charge in [-0.1, -0.05) is 13.3 Å². The molecule has 0 saturated carbocycles. The van der Waals surface area contributed by atoms with Crippen LogP contribution in [0.25, 0.3) is 0 Å². The largest absolute Gasteiger partial charge is 0.313 e. The molecule has 1 fully saturated rings. The zero-order chi connectivity index (χ0) is 8.81. The molecule has 1 atom stereocenters. The molecule has 1 N–H and O–H groups in total. The highest BCUT2D eigenvalue weighted by molar-refractivity contribution is 5.58. The van der Waals surface area contributed by atoms with Crippen LogP contribution in [-0.2, 0) is 4.79 Å². The first-order valence-corrected chi connectivity index (χ1v) is 4.78. The summed E-state index contributed by atoms with van der Waals surface area (Å²) in [5, 5.41) is 3.22. The Morgan fingerprint density at radius 1 is 1.67 bits per heavy atom. The number of rotatable bonds is 4. The fourth-order valence-corrected chi connectivity index (χ4v) is 1.54. The van der Waals surface area contributed by atoms with Crippen LogP contribution in [0, 0.1) is 0 Å². The first kappa shape index (κ1) is 9.68. The Kier molecular flexibility index (Phi) is 4.25. The standard InChI is InChI=1S/C9H18N2O/c1-2-3-5-11-6-4-10-7-9(11)8-12/h8-10H,2-7H2,1H3. The Morgan fingerprint density at radius 3 is 3.17 bits per heavy atom. The van der Waals surface area contributed by atoms with Crippen LogP contribution in [0.4, 0.5) is 0 Å². The Bertz CT molecular complexity index is 138. The summed E-state index contributed by atoms with van der Waals surface area (Å²) in [6.45, 7) is 6.12. The molecule has 0 amide bonds. The van der Waals surface area contributed by atoms with E-state index in [4.69, 9.17) is 0 Å². The Balaban J connectivity index is 2.31. The fraction of sp³-hybridized carbons (Fsp3) is 0.889. The monoisotopic (exact) mass is 170 g/mol. The minimum Gasteiger partial charge on any atom is -0.313 e. The number of hydrogen-bond acceptors (Lipinski definition) is 3. The van der Waals surface area contributed by atoms with Gasteiger partial charge in [0.2, 0.25) is 0 Å². The molecule has 1 heterocycles. The van der Waals surface area contributed by atoms with E-state index in [9.17, 15) is 4.79 Å². The zero-order valence-electron chi connectivity index (χ0n) is 7.75. The average molecular weight is 170 g/mol. The molecular formula is C9H18N2O. The Morgan fingerprint density at radius 2 is 2.50 bits per heavy atom. The fourth-order valence-electron chi connectivity index (χ4n) is 1.54. The lowest BCUT2D eigenvalue weighted by atomic mass is 10.2. The number of carbonyl (C=O) groups excluding carboxylic acids is 1. The van der Waals surface area contributed by atoms with Crippen LogP contribution in [0.2, 0.25) is 0 Å². The molecule has 0 aliphatic carbocycles. The van der Waals surface area contributed by atoms with E-state index >= 15 is 0 Å². The molecule has 1 aliphatic heterocycles. The van der Waals surface area contributed by atoms with Gasteiger partial charge < -0.3 is 10.1 Å². The molecular weight excluding hydrogens is 152 g/mol. The van der Waals surface area contributed by atoms with E-state index in [1.165, 1.54) is 12.8 Å². The minimum absolute atomic E-state index is 0.116. The third-order valence-electron chi connectivity index (χ3n) is 2.35. The highest BCUT2D eigenvalue weighted by atomic mass is 16.1. The summed E-state index contributed by atoms with van der Waals surface area (Å²) in [6.07, 6.45) is 3.46. The van der Waals surface area contributed by atoms with E-state index in [0.29, 0.717) is 0 Å². The summed E-state index contributed by atoms with van der Waals surface area (Å²) >= 11 is 0. The quantitative estimate of drug-likeness (QED) is 0.614. The normalized spacial score (nSPS) is 25.6. The lowest BCUT2D eigenvalue weighted by Gasteiger charge is -2.32. The molecule has 3 heteroatoms. The second kappa shape index (κ2) is 5.27. The lowest BCUT2D eigenvalue weighted by Crippen LogP contribution is -2.52. The molecule has 1 unspecified atom stereocenters. The number of carbonyl (C=O) groups is 1. The maximum absolute atomic E-state index is 10.7. The van der Waals surface area contributed by atoms with E-state index in [-0.39, 0.29) is 6.04 Å². The third kappa shape index (κ3) is 2.57. The summed E-state index contributed by atoms with van der Waals surface area (Å²) in [6, 6.07) is 0.116. The van der Waals surface area contributed by atoms with Crippen LogP contribution in [0.3, 0.4) is 0 Å². The van der Waals surface area contributed by atoms with Gasteiger partial charge in [0.1, 0.15) is 6.29 Å². The van der Waals surface area contributed by atoms with Gasteiger partial charge in [0.25, 0.3) is 0 Å². The predicted octanol–water partition coefficient (Wildman–Crippen LogP) is 0.259. The van der Waals surface area contributed by atoms with E-state index in [1.54, 1.807) is 0 Å². The van der Waals surface area contributed by atoms with Gasteiger partial charge in [-0.05, 0) is 13.0 Å². The van der Waals surface area contributed by atoms with Crippen molar-refractivity contribution in [2.24, 2.45) is 0 Å². The molecule has 0 bridgehead atoms. The van der Waals surface area contributed by atoms with Gasteiger partial charge in [0, 0.05) is 19.6 Å². The highest BCUT2D eigenvalue weighted by Gasteiger charge is 2.19. The van der Waals surface area contributed by atoms with Crippen molar-refractivity contribution in [2.45, 2.75) is 25.8 Å². The molecule has 0 spiro atoms. The smallest absolute Gasteiger partial charge is 0.138 e. The summed E-state index contributed by atoms with van der Waals surface area (Å²) in [5.74, 6) is 0. The topological polar surface area (TPSA) is 32.3 Å². The molecule has 3 nitrogen and oxygen atoms in total. The van der Waals surface area contributed by atoms with Gasteiger partial charge in [-0.3, -0.25) is 4.90 Å². The minimum atomic E-state index is 0.116. The number of nitrogens with one attached hydrogen (secondary N) is 1. The van der Waals surface area contributed by atoms with Crippen molar-refractivity contribution < 1.29 is 4.79 Å². The average Bonchev–Trinajstić information content (AvgIpc) is 2.15. The van der Waals surface area contributed by atoms with Crippen LogP contribution in [-0.4, -0.2) is 43.4 Å². The van der Waals surface area contributed by atoms with Crippen molar-refractivity contribution in [3.05, 3.63) is 0 Å². The molecule has 0 radical (unpaired) electrons. The van der Waals surface area contributed by atoms with Gasteiger partial charge in [-0.2, -0.15) is 0 Å². The highest BCUT2D eigenvalue weighted by Crippen LogP contribution is 2.02. The maximum Gasteiger partial charge on any atom is 0.138 e. The van der Waals surface area contributed by atoms with Gasteiger partial charge in [0.15, 0.2) is 0 Å². The summed E-state index contributed by atoms with van der Waals surface area (Å²) in [5.41, 5.74) is 0. The second-order valence-electron chi connectivity index (χ2n) is 3.30. The number of nitrogens with zero attached hydrogens (tertiary/aromatic N) is 1. The van der Waals surface area contributed by atoms with Crippen molar-refractivity contribution in [1.29, 1.82) is 0 Å². The maximum atomic E-state index is 10.7. The van der Waals surface area contributed by atoms with E-state index in [1.807, 2.05) is 0 Å². The molecule has 70 valence electrons. The van der Waals surface area contributed by atoms with Crippen LogP contribution in [0.5, 0.6) is 0 Å². The number of unbranched alkanes of at least 4 members (excludes halogenated alkanes) is 1. The lowest BCUT2D eigenvalue weighted by molar-refractivity contribution is -0.113. The van der Waals surface area contributed by atoms with E-state index in [0.717, 1.165) is 32.5 Å². The van der Waals surface area contributed by atoms with E-state index < -0.39 is 0 Å². The second-order valence-corrected chi connectivity index (χ2v) is 3.30. The van der Waals surface area contributed by atoms with Gasteiger partial charge in [0.05, 0.1) is 6.04 Å². The van der Waals surface area contributed by atoms with Crippen molar-refractivity contribution in [1.82, 2.24) is 10.2 Å². The van der Waals surface area contributed by atoms with Gasteiger partial charge in [-0.15, -0.1) is 0 Å². The van der Waals surface area contributed by atoms with Crippen molar-refractivity contribution in [3.63, 3.8) is 0 Å². The summed E-state index contributed by atoms with van der Waals surface area (Å²) in [4.78, 5) is 12.9. The van der Waals surface area contributed by atoms with Crippen LogP contribution in [0.15, 0.2) is 0 Å². The molecule has 1 saturated heterocycles. The predicted molar refractivity (Wildman–Crippen MR) is 49.2 cm³/mol. The molecule has 0 aromatic heterocycles. The first-order chi connectivity index (χ1) is 5.88. The molecule has 0 aromatic carbocycles. The van der Waals surface area contributed by atoms with Crippen molar-refractivity contribution >= 4 is 6.29 Å². The number of hydrogen-bond donors (Lipinski definition) is 1. The number of aldehydes is 1. The van der Waals surface area contributed by atoms with Crippen LogP contribution < -0.4 is 5.32 Å². The molecule has 12 heavy (non-hydrogen) atoms. The molecule has 1 rings (SSSR count). The van der Waals surface area contributed by atoms with Crippen LogP contribution in [0.1, 0.15) is 19.8 Å². The zero-order valence-corrected chi connectivity index (χ0v) is 7.75. The van der Waals surface area contributed by atoms with Crippen molar-refractivity contribution in [2.75, 3.05) is 26.2 Å². The SMILES string of the molecule is CCCCN1CCNCC1C=O. The first-order valence-electron chi connectivity index (χ1n) is 4.78. The van der Waals surface area contributed by atoms with Crippen molar-refractivity contribution in [3.8, 4) is 0 Å². The molecule has 1 aliphatic rings. The van der Waals surface area contributed by atoms with Gasteiger partial charge in [-0.25, -0.2) is 0 Å². The Labute approximate surface area is 74.1 Å². The third-order valence-corrected chi connectivity index (χ3v) is 2.35.